The van der Waals surface area contributed by atoms with Crippen LogP contribution in [0.2, 0.25) is 0 Å². The van der Waals surface area contributed by atoms with Crippen LogP contribution in [0.3, 0.4) is 0 Å². The van der Waals surface area contributed by atoms with Crippen molar-refractivity contribution in [2.45, 2.75) is 31.6 Å². The molecular formula is C14H19N5O. The Kier molecular flexibility index (Phi) is 2.84. The van der Waals surface area contributed by atoms with Crippen molar-refractivity contribution in [3.8, 4) is 0 Å². The van der Waals surface area contributed by atoms with Gasteiger partial charge in [0.25, 0.3) is 0 Å². The normalized spacial score (nSPS) is 23.4. The highest BCUT2D eigenvalue weighted by molar-refractivity contribution is 5.64. The molecule has 1 unspecified atom stereocenters. The maximum atomic E-state index is 9.37. The van der Waals surface area contributed by atoms with Gasteiger partial charge < -0.3 is 10.0 Å². The Morgan fingerprint density at radius 2 is 2.15 bits per heavy atom. The van der Waals surface area contributed by atoms with Crippen LogP contribution < -0.4 is 4.90 Å². The van der Waals surface area contributed by atoms with Crippen molar-refractivity contribution in [1.82, 2.24) is 19.6 Å². The maximum absolute atomic E-state index is 9.37. The third-order valence-electron chi connectivity index (χ3n) is 4.35. The highest BCUT2D eigenvalue weighted by atomic mass is 16.3. The van der Waals surface area contributed by atoms with E-state index in [-0.39, 0.29) is 6.61 Å². The van der Waals surface area contributed by atoms with Crippen LogP contribution in [0.1, 0.15) is 37.4 Å². The first-order valence-corrected chi connectivity index (χ1v) is 7.42. The summed E-state index contributed by atoms with van der Waals surface area (Å²) >= 11 is 0. The molecule has 2 aromatic heterocycles. The van der Waals surface area contributed by atoms with Crippen molar-refractivity contribution in [3.63, 3.8) is 0 Å². The number of rotatable bonds is 3. The Balaban J connectivity index is 1.72. The molecule has 6 nitrogen and oxygen atoms in total. The van der Waals surface area contributed by atoms with Crippen LogP contribution in [0, 0.1) is 5.92 Å². The summed E-state index contributed by atoms with van der Waals surface area (Å²) in [5, 5.41) is 18.1. The second-order valence-electron chi connectivity index (χ2n) is 5.91. The summed E-state index contributed by atoms with van der Waals surface area (Å²) in [7, 11) is 0. The van der Waals surface area contributed by atoms with Crippen LogP contribution in [-0.2, 0) is 0 Å². The molecule has 1 saturated heterocycles. The van der Waals surface area contributed by atoms with E-state index in [1.165, 1.54) is 12.8 Å². The molecule has 0 radical (unpaired) electrons. The minimum Gasteiger partial charge on any atom is -0.396 e. The van der Waals surface area contributed by atoms with Crippen LogP contribution >= 0.6 is 0 Å². The number of fused-ring (bicyclic) bond motifs is 1. The molecule has 0 amide bonds. The van der Waals surface area contributed by atoms with E-state index < -0.39 is 0 Å². The summed E-state index contributed by atoms with van der Waals surface area (Å²) in [4.78, 5) is 6.75. The van der Waals surface area contributed by atoms with Gasteiger partial charge in [-0.1, -0.05) is 0 Å². The number of piperidine rings is 1. The largest absolute Gasteiger partial charge is 0.396 e. The zero-order valence-electron chi connectivity index (χ0n) is 11.4. The van der Waals surface area contributed by atoms with Crippen molar-refractivity contribution in [3.05, 3.63) is 18.2 Å². The number of nitrogens with zero attached hydrogens (tertiary/aromatic N) is 5. The SMILES string of the molecule is OCC1CCCN(c2nccn3c(C4CC4)nnc23)C1. The second kappa shape index (κ2) is 4.70. The van der Waals surface area contributed by atoms with Crippen molar-refractivity contribution >= 4 is 11.5 Å². The number of hydrogen-bond donors (Lipinski definition) is 1. The van der Waals surface area contributed by atoms with Gasteiger partial charge in [-0.15, -0.1) is 10.2 Å². The summed E-state index contributed by atoms with van der Waals surface area (Å²) in [6.07, 6.45) is 8.41. The molecule has 20 heavy (non-hydrogen) atoms. The number of aromatic nitrogens is 4. The van der Waals surface area contributed by atoms with E-state index in [0.29, 0.717) is 11.8 Å². The lowest BCUT2D eigenvalue weighted by molar-refractivity contribution is 0.208. The lowest BCUT2D eigenvalue weighted by Crippen LogP contribution is -2.37. The molecule has 1 N–H and O–H groups in total. The molecule has 1 atom stereocenters. The van der Waals surface area contributed by atoms with Crippen molar-refractivity contribution in [2.75, 3.05) is 24.6 Å². The number of anilines is 1. The molecule has 0 spiro atoms. The van der Waals surface area contributed by atoms with Gasteiger partial charge >= 0.3 is 0 Å². The fraction of sp³-hybridized carbons (Fsp3) is 0.643. The number of hydrogen-bond acceptors (Lipinski definition) is 5. The summed E-state index contributed by atoms with van der Waals surface area (Å²) in [6.45, 7) is 2.09. The predicted octanol–water partition coefficient (Wildman–Crippen LogP) is 1.21. The molecule has 2 aromatic rings. The third kappa shape index (κ3) is 1.95. The Bertz CT molecular complexity index is 621. The Morgan fingerprint density at radius 3 is 2.95 bits per heavy atom. The van der Waals surface area contributed by atoms with Gasteiger partial charge in [-0.25, -0.2) is 4.98 Å². The third-order valence-corrected chi connectivity index (χ3v) is 4.35. The molecule has 1 aliphatic heterocycles. The van der Waals surface area contributed by atoms with Crippen LogP contribution in [0.15, 0.2) is 12.4 Å². The highest BCUT2D eigenvalue weighted by Gasteiger charge is 2.30. The fourth-order valence-electron chi connectivity index (χ4n) is 3.08. The van der Waals surface area contributed by atoms with Crippen LogP contribution in [0.4, 0.5) is 5.82 Å². The van der Waals surface area contributed by atoms with E-state index in [2.05, 4.69) is 24.5 Å². The summed E-state index contributed by atoms with van der Waals surface area (Å²) in [5.41, 5.74) is 0.855. The molecule has 1 saturated carbocycles. The quantitative estimate of drug-likeness (QED) is 0.910. The van der Waals surface area contributed by atoms with Gasteiger partial charge in [0.1, 0.15) is 5.82 Å². The Morgan fingerprint density at radius 1 is 1.25 bits per heavy atom. The molecule has 0 aromatic carbocycles. The summed E-state index contributed by atoms with van der Waals surface area (Å²) in [5.74, 6) is 2.90. The average molecular weight is 273 g/mol. The van der Waals surface area contributed by atoms with Gasteiger partial charge in [0, 0.05) is 38.0 Å². The van der Waals surface area contributed by atoms with E-state index in [0.717, 1.165) is 43.2 Å². The Hall–Kier alpha value is -1.69. The minimum absolute atomic E-state index is 0.250. The number of aliphatic hydroxyl groups is 1. The van der Waals surface area contributed by atoms with Gasteiger partial charge in [0.15, 0.2) is 5.82 Å². The average Bonchev–Trinajstić information content (AvgIpc) is 3.26. The van der Waals surface area contributed by atoms with Crippen molar-refractivity contribution in [2.24, 2.45) is 5.92 Å². The Labute approximate surface area is 117 Å². The molecule has 6 heteroatoms. The molecular weight excluding hydrogens is 254 g/mol. The molecule has 4 rings (SSSR count). The van der Waals surface area contributed by atoms with Crippen molar-refractivity contribution in [1.29, 1.82) is 0 Å². The topological polar surface area (TPSA) is 66.5 Å². The highest BCUT2D eigenvalue weighted by Crippen LogP contribution is 2.39. The van der Waals surface area contributed by atoms with Crippen LogP contribution in [0.5, 0.6) is 0 Å². The molecule has 106 valence electrons. The standard InChI is InChI=1S/C14H19N5O/c20-9-10-2-1-6-18(8-10)13-14-17-16-12(11-3-4-11)19(14)7-5-15-13/h5,7,10-11,20H,1-4,6,8-9H2. The molecule has 2 fully saturated rings. The van der Waals surface area contributed by atoms with Gasteiger partial charge in [-0.3, -0.25) is 4.40 Å². The summed E-state index contributed by atoms with van der Waals surface area (Å²) < 4.78 is 2.09. The van der Waals surface area contributed by atoms with E-state index >= 15 is 0 Å². The first kappa shape index (κ1) is 12.1. The number of aliphatic hydroxyl groups excluding tert-OH is 1. The zero-order valence-corrected chi connectivity index (χ0v) is 11.4. The molecule has 3 heterocycles. The van der Waals surface area contributed by atoms with E-state index in [1.807, 2.05) is 12.4 Å². The fourth-order valence-corrected chi connectivity index (χ4v) is 3.08. The first-order chi connectivity index (χ1) is 9.86. The lowest BCUT2D eigenvalue weighted by atomic mass is 9.99. The molecule has 0 bridgehead atoms. The van der Waals surface area contributed by atoms with Gasteiger partial charge in [0.2, 0.25) is 5.65 Å². The lowest BCUT2D eigenvalue weighted by Gasteiger charge is -2.32. The maximum Gasteiger partial charge on any atom is 0.203 e. The minimum atomic E-state index is 0.250. The molecule has 2 aliphatic rings. The van der Waals surface area contributed by atoms with Gasteiger partial charge in [-0.2, -0.15) is 0 Å². The van der Waals surface area contributed by atoms with Gasteiger partial charge in [0.05, 0.1) is 0 Å². The first-order valence-electron chi connectivity index (χ1n) is 7.42. The predicted molar refractivity (Wildman–Crippen MR) is 74.8 cm³/mol. The smallest absolute Gasteiger partial charge is 0.203 e. The zero-order chi connectivity index (χ0) is 13.5. The van der Waals surface area contributed by atoms with Crippen LogP contribution in [0.25, 0.3) is 5.65 Å². The van der Waals surface area contributed by atoms with Crippen molar-refractivity contribution < 1.29 is 5.11 Å². The van der Waals surface area contributed by atoms with E-state index in [1.54, 1.807) is 0 Å². The van der Waals surface area contributed by atoms with Crippen LogP contribution in [-0.4, -0.2) is 44.4 Å². The summed E-state index contributed by atoms with van der Waals surface area (Å²) in [6, 6.07) is 0. The monoisotopic (exact) mass is 273 g/mol. The second-order valence-corrected chi connectivity index (χ2v) is 5.91. The van der Waals surface area contributed by atoms with E-state index in [4.69, 9.17) is 0 Å². The molecule has 1 aliphatic carbocycles. The van der Waals surface area contributed by atoms with E-state index in [9.17, 15) is 5.11 Å². The van der Waals surface area contributed by atoms with Gasteiger partial charge in [-0.05, 0) is 31.6 Å².